The molecule has 0 bridgehead atoms. The Morgan fingerprint density at radius 3 is 2.73 bits per heavy atom. The fraction of sp³-hybridized carbons (Fsp3) is 0.444. The number of hydrogen-bond acceptors (Lipinski definition) is 2. The van der Waals surface area contributed by atoms with E-state index in [-0.39, 0.29) is 0 Å². The van der Waals surface area contributed by atoms with Gasteiger partial charge in [-0.25, -0.2) is 0 Å². The van der Waals surface area contributed by atoms with Crippen molar-refractivity contribution in [3.05, 3.63) is 30.1 Å². The number of ether oxygens (including phenoxy) is 2. The predicted molar refractivity (Wildman–Crippen MR) is 43.7 cm³/mol. The molecule has 1 aliphatic rings. The zero-order chi connectivity index (χ0) is 8.10. The predicted octanol–water partition coefficient (Wildman–Crippen LogP) is 2.05. The molecule has 0 unspecified atom stereocenters. The monoisotopic (exact) mass is 153 g/mol. The van der Waals surface area contributed by atoms with Crippen LogP contribution >= 0.6 is 0 Å². The maximum atomic E-state index is 5.28. The fourth-order valence-electron chi connectivity index (χ4n) is 0.937. The summed E-state index contributed by atoms with van der Waals surface area (Å²) in [6.45, 7) is 2.70. The third-order valence-corrected chi connectivity index (χ3v) is 1.51. The Bertz CT molecular complexity index is 170. The van der Waals surface area contributed by atoms with Gasteiger partial charge in [-0.15, -0.1) is 0 Å². The second-order valence-corrected chi connectivity index (χ2v) is 2.25. The van der Waals surface area contributed by atoms with Gasteiger partial charge in [-0.05, 0) is 25.2 Å². The van der Waals surface area contributed by atoms with Gasteiger partial charge in [0.2, 0.25) is 0 Å². The minimum atomic E-state index is 0.721. The summed E-state index contributed by atoms with van der Waals surface area (Å²) in [7, 11) is 1.68. The molecule has 0 amide bonds. The lowest BCUT2D eigenvalue weighted by Gasteiger charge is -2.13. The summed E-state index contributed by atoms with van der Waals surface area (Å²) >= 11 is 0. The van der Waals surface area contributed by atoms with Crippen molar-refractivity contribution in [1.29, 1.82) is 0 Å². The quantitative estimate of drug-likeness (QED) is 0.617. The minimum Gasteiger partial charge on any atom is -0.494 e. The van der Waals surface area contributed by atoms with Crippen LogP contribution in [0.5, 0.6) is 0 Å². The van der Waals surface area contributed by atoms with Crippen molar-refractivity contribution in [2.45, 2.75) is 13.3 Å². The van der Waals surface area contributed by atoms with Crippen molar-refractivity contribution >= 4 is 0 Å². The molecule has 2 heteroatoms. The SMILES string of the molecule is CCOC1=CC[C](OC)C=C1. The van der Waals surface area contributed by atoms with Crippen molar-refractivity contribution in [2.75, 3.05) is 13.7 Å². The molecule has 0 fully saturated rings. The summed E-state index contributed by atoms with van der Waals surface area (Å²) < 4.78 is 10.3. The lowest BCUT2D eigenvalue weighted by Crippen LogP contribution is -2.01. The summed E-state index contributed by atoms with van der Waals surface area (Å²) in [5, 5.41) is 0. The summed E-state index contributed by atoms with van der Waals surface area (Å²) in [4.78, 5) is 0. The van der Waals surface area contributed by atoms with Crippen LogP contribution in [0, 0.1) is 6.10 Å². The molecular weight excluding hydrogens is 140 g/mol. The Kier molecular flexibility index (Phi) is 3.17. The average Bonchev–Trinajstić information content (AvgIpc) is 2.07. The van der Waals surface area contributed by atoms with Crippen molar-refractivity contribution in [3.63, 3.8) is 0 Å². The summed E-state index contributed by atoms with van der Waals surface area (Å²) in [6.07, 6.45) is 7.69. The first-order chi connectivity index (χ1) is 5.36. The molecule has 2 nitrogen and oxygen atoms in total. The van der Waals surface area contributed by atoms with E-state index in [0.29, 0.717) is 0 Å². The highest BCUT2D eigenvalue weighted by Crippen LogP contribution is 2.18. The first-order valence-corrected chi connectivity index (χ1v) is 3.77. The van der Waals surface area contributed by atoms with E-state index in [4.69, 9.17) is 9.47 Å². The van der Waals surface area contributed by atoms with E-state index in [2.05, 4.69) is 0 Å². The molecule has 0 heterocycles. The van der Waals surface area contributed by atoms with E-state index < -0.39 is 0 Å². The molecule has 0 aromatic rings. The van der Waals surface area contributed by atoms with Crippen LogP contribution in [0.3, 0.4) is 0 Å². The Balaban J connectivity index is 2.39. The van der Waals surface area contributed by atoms with Crippen LogP contribution in [0.25, 0.3) is 0 Å². The Hall–Kier alpha value is -0.760. The topological polar surface area (TPSA) is 18.5 Å². The van der Waals surface area contributed by atoms with Crippen LogP contribution < -0.4 is 0 Å². The van der Waals surface area contributed by atoms with Gasteiger partial charge >= 0.3 is 0 Å². The van der Waals surface area contributed by atoms with Crippen LogP contribution in [-0.4, -0.2) is 13.7 Å². The molecule has 0 saturated heterocycles. The second-order valence-electron chi connectivity index (χ2n) is 2.25. The standard InChI is InChI=1S/C9H13O2/c1-3-11-9-6-4-8(10-2)5-7-9/h4,6-7H,3,5H2,1-2H3. The molecule has 0 atom stereocenters. The minimum absolute atomic E-state index is 0.721. The van der Waals surface area contributed by atoms with Crippen molar-refractivity contribution < 1.29 is 9.47 Å². The van der Waals surface area contributed by atoms with Crippen LogP contribution in [0.15, 0.2) is 24.0 Å². The highest BCUT2D eigenvalue weighted by molar-refractivity contribution is 5.24. The van der Waals surface area contributed by atoms with E-state index in [1.807, 2.05) is 25.2 Å². The summed E-state index contributed by atoms with van der Waals surface area (Å²) in [5.41, 5.74) is 0. The molecule has 0 aromatic heterocycles. The molecule has 0 aromatic carbocycles. The van der Waals surface area contributed by atoms with E-state index in [0.717, 1.165) is 24.9 Å². The highest BCUT2D eigenvalue weighted by Gasteiger charge is 2.07. The fourth-order valence-corrected chi connectivity index (χ4v) is 0.937. The number of rotatable bonds is 3. The molecule has 1 radical (unpaired) electrons. The molecule has 1 aliphatic carbocycles. The average molecular weight is 153 g/mol. The van der Waals surface area contributed by atoms with Crippen LogP contribution in [-0.2, 0) is 9.47 Å². The van der Waals surface area contributed by atoms with Gasteiger partial charge in [0.15, 0.2) is 0 Å². The van der Waals surface area contributed by atoms with Crippen molar-refractivity contribution in [3.8, 4) is 0 Å². The van der Waals surface area contributed by atoms with Crippen molar-refractivity contribution in [2.24, 2.45) is 0 Å². The van der Waals surface area contributed by atoms with Gasteiger partial charge in [0, 0.05) is 13.5 Å². The number of methoxy groups -OCH3 is 1. The van der Waals surface area contributed by atoms with Crippen molar-refractivity contribution in [1.82, 2.24) is 0 Å². The molecule has 0 saturated carbocycles. The lowest BCUT2D eigenvalue weighted by molar-refractivity contribution is 0.215. The summed E-state index contributed by atoms with van der Waals surface area (Å²) in [6, 6.07) is 0. The van der Waals surface area contributed by atoms with Crippen LogP contribution in [0.4, 0.5) is 0 Å². The normalized spacial score (nSPS) is 18.2. The molecule has 0 N–H and O–H groups in total. The first-order valence-electron chi connectivity index (χ1n) is 3.77. The lowest BCUT2D eigenvalue weighted by atomic mass is 10.1. The third kappa shape index (κ3) is 2.39. The Labute approximate surface area is 67.5 Å². The van der Waals surface area contributed by atoms with Crippen LogP contribution in [0.1, 0.15) is 13.3 Å². The van der Waals surface area contributed by atoms with Gasteiger partial charge < -0.3 is 9.47 Å². The first kappa shape index (κ1) is 8.34. The zero-order valence-corrected chi connectivity index (χ0v) is 6.96. The zero-order valence-electron chi connectivity index (χ0n) is 6.96. The molecule has 0 aliphatic heterocycles. The number of hydrogen-bond donors (Lipinski definition) is 0. The highest BCUT2D eigenvalue weighted by atomic mass is 16.5. The number of allylic oxidation sites excluding steroid dienone is 1. The molecule has 11 heavy (non-hydrogen) atoms. The van der Waals surface area contributed by atoms with Gasteiger partial charge in [0.25, 0.3) is 0 Å². The largest absolute Gasteiger partial charge is 0.494 e. The molecule has 1 rings (SSSR count). The second kappa shape index (κ2) is 4.19. The van der Waals surface area contributed by atoms with Crippen LogP contribution in [0.2, 0.25) is 0 Å². The molecule has 61 valence electrons. The maximum Gasteiger partial charge on any atom is 0.123 e. The maximum absolute atomic E-state index is 5.28. The van der Waals surface area contributed by atoms with Gasteiger partial charge in [-0.3, -0.25) is 0 Å². The van der Waals surface area contributed by atoms with E-state index >= 15 is 0 Å². The van der Waals surface area contributed by atoms with Gasteiger partial charge in [-0.2, -0.15) is 0 Å². The van der Waals surface area contributed by atoms with Gasteiger partial charge in [-0.1, -0.05) is 0 Å². The summed E-state index contributed by atoms with van der Waals surface area (Å²) in [5.74, 6) is 0.938. The third-order valence-electron chi connectivity index (χ3n) is 1.51. The Morgan fingerprint density at radius 1 is 1.45 bits per heavy atom. The Morgan fingerprint density at radius 2 is 2.27 bits per heavy atom. The van der Waals surface area contributed by atoms with Gasteiger partial charge in [0.1, 0.15) is 11.9 Å². The molecule has 0 spiro atoms. The molecular formula is C9H13O2. The van der Waals surface area contributed by atoms with E-state index in [9.17, 15) is 0 Å². The van der Waals surface area contributed by atoms with E-state index in [1.165, 1.54) is 0 Å². The van der Waals surface area contributed by atoms with E-state index in [1.54, 1.807) is 7.11 Å². The smallest absolute Gasteiger partial charge is 0.123 e. The van der Waals surface area contributed by atoms with Gasteiger partial charge in [0.05, 0.1) is 6.61 Å².